The molecule has 1 aliphatic heterocycles. The van der Waals surface area contributed by atoms with E-state index in [4.69, 9.17) is 0 Å². The minimum Gasteiger partial charge on any atom is -0.307 e. The molecule has 0 saturated carbocycles. The molecule has 1 unspecified atom stereocenters. The average molecular weight is 253 g/mol. The van der Waals surface area contributed by atoms with Crippen molar-refractivity contribution in [1.82, 2.24) is 5.32 Å². The Labute approximate surface area is 106 Å². The first-order valence-corrected chi connectivity index (χ1v) is 8.37. The van der Waals surface area contributed by atoms with Crippen LogP contribution in [0.1, 0.15) is 42.2 Å². The zero-order valence-electron chi connectivity index (χ0n) is 9.58. The van der Waals surface area contributed by atoms with Crippen molar-refractivity contribution in [2.45, 2.75) is 44.2 Å². The van der Waals surface area contributed by atoms with Gasteiger partial charge in [-0.2, -0.15) is 11.8 Å². The minimum atomic E-state index is 0.656. The number of nitrogens with one attached hydrogen (secondary N) is 1. The molecule has 2 heterocycles. The highest BCUT2D eigenvalue weighted by Crippen LogP contribution is 2.34. The summed E-state index contributed by atoms with van der Waals surface area (Å²) in [5.74, 6) is 2.70. The van der Waals surface area contributed by atoms with E-state index in [0.29, 0.717) is 6.04 Å². The lowest BCUT2D eigenvalue weighted by Crippen LogP contribution is -2.36. The molecule has 0 radical (unpaired) electrons. The van der Waals surface area contributed by atoms with Gasteiger partial charge in [0.15, 0.2) is 0 Å². The van der Waals surface area contributed by atoms with Gasteiger partial charge in [-0.05, 0) is 60.6 Å². The molecule has 0 spiro atoms. The van der Waals surface area contributed by atoms with Crippen molar-refractivity contribution >= 4 is 23.1 Å². The van der Waals surface area contributed by atoms with E-state index in [0.717, 1.165) is 6.04 Å². The zero-order chi connectivity index (χ0) is 10.8. The van der Waals surface area contributed by atoms with Crippen LogP contribution in [0, 0.1) is 0 Å². The normalized spacial score (nSPS) is 26.6. The summed E-state index contributed by atoms with van der Waals surface area (Å²) in [6, 6.07) is 3.77. The van der Waals surface area contributed by atoms with Crippen LogP contribution in [0.15, 0.2) is 11.4 Å². The van der Waals surface area contributed by atoms with Crippen molar-refractivity contribution in [3.05, 3.63) is 21.9 Å². The first kappa shape index (κ1) is 11.1. The molecule has 1 nitrogen and oxygen atoms in total. The molecular formula is C13H19NS2. The first-order chi connectivity index (χ1) is 7.93. The maximum Gasteiger partial charge on any atom is 0.0333 e. The smallest absolute Gasteiger partial charge is 0.0333 e. The van der Waals surface area contributed by atoms with Gasteiger partial charge in [0.1, 0.15) is 0 Å². The van der Waals surface area contributed by atoms with E-state index in [9.17, 15) is 0 Å². The predicted octanol–water partition coefficient (Wildman–Crippen LogP) is 3.61. The quantitative estimate of drug-likeness (QED) is 0.864. The van der Waals surface area contributed by atoms with Gasteiger partial charge < -0.3 is 5.32 Å². The molecule has 1 atom stereocenters. The van der Waals surface area contributed by atoms with Crippen molar-refractivity contribution in [2.75, 3.05) is 11.5 Å². The highest BCUT2D eigenvalue weighted by Gasteiger charge is 2.24. The lowest BCUT2D eigenvalue weighted by molar-refractivity contribution is 0.381. The van der Waals surface area contributed by atoms with Crippen molar-refractivity contribution in [2.24, 2.45) is 0 Å². The van der Waals surface area contributed by atoms with E-state index < -0.39 is 0 Å². The second-order valence-corrected chi connectivity index (χ2v) is 7.02. The molecule has 1 saturated heterocycles. The number of hydrogen-bond donors (Lipinski definition) is 1. The number of fused-ring (bicyclic) bond motifs is 1. The van der Waals surface area contributed by atoms with Gasteiger partial charge in [-0.25, -0.2) is 0 Å². The number of thioether (sulfide) groups is 1. The summed E-state index contributed by atoms with van der Waals surface area (Å²) < 4.78 is 0. The molecule has 0 aromatic carbocycles. The van der Waals surface area contributed by atoms with Gasteiger partial charge in [-0.3, -0.25) is 0 Å². The van der Waals surface area contributed by atoms with Crippen molar-refractivity contribution < 1.29 is 0 Å². The van der Waals surface area contributed by atoms with Crippen LogP contribution in [0.3, 0.4) is 0 Å². The Morgan fingerprint density at radius 2 is 2.06 bits per heavy atom. The summed E-state index contributed by atoms with van der Waals surface area (Å²) in [6.07, 6.45) is 6.74. The Morgan fingerprint density at radius 3 is 2.94 bits per heavy atom. The summed E-state index contributed by atoms with van der Waals surface area (Å²) in [5, 5.41) is 6.16. The van der Waals surface area contributed by atoms with Crippen LogP contribution >= 0.6 is 23.1 Å². The first-order valence-electron chi connectivity index (χ1n) is 6.33. The molecular weight excluding hydrogens is 234 g/mol. The second kappa shape index (κ2) is 5.11. The van der Waals surface area contributed by atoms with Gasteiger partial charge in [-0.1, -0.05) is 0 Å². The van der Waals surface area contributed by atoms with Crippen molar-refractivity contribution in [3.63, 3.8) is 0 Å². The van der Waals surface area contributed by atoms with Gasteiger partial charge >= 0.3 is 0 Å². The largest absolute Gasteiger partial charge is 0.307 e. The van der Waals surface area contributed by atoms with Crippen molar-refractivity contribution in [3.8, 4) is 0 Å². The Kier molecular flexibility index (Phi) is 3.55. The number of aryl methyl sites for hydroxylation is 1. The number of thiophene rings is 1. The van der Waals surface area contributed by atoms with Crippen LogP contribution in [0.2, 0.25) is 0 Å². The van der Waals surface area contributed by atoms with Gasteiger partial charge in [0.25, 0.3) is 0 Å². The van der Waals surface area contributed by atoms with E-state index in [1.807, 2.05) is 11.3 Å². The molecule has 1 N–H and O–H groups in total. The highest BCUT2D eigenvalue weighted by atomic mass is 32.2. The monoisotopic (exact) mass is 253 g/mol. The zero-order valence-corrected chi connectivity index (χ0v) is 11.2. The molecule has 1 aromatic heterocycles. The maximum absolute atomic E-state index is 3.89. The van der Waals surface area contributed by atoms with E-state index >= 15 is 0 Å². The average Bonchev–Trinajstić information content (AvgIpc) is 2.80. The van der Waals surface area contributed by atoms with Crippen LogP contribution in [-0.2, 0) is 6.42 Å². The third kappa shape index (κ3) is 2.31. The fourth-order valence-electron chi connectivity index (χ4n) is 2.81. The molecule has 0 amide bonds. The number of rotatable bonds is 2. The molecule has 16 heavy (non-hydrogen) atoms. The molecule has 88 valence electrons. The molecule has 2 aliphatic rings. The molecule has 3 heteroatoms. The predicted molar refractivity (Wildman–Crippen MR) is 73.5 cm³/mol. The standard InChI is InChI=1S/C13H19NS2/c1-2-12(11-6-9-16-13(11)3-1)14-10-4-7-15-8-5-10/h6,9-10,12,14H,1-5,7-8H2. The fourth-order valence-corrected chi connectivity index (χ4v) is 4.90. The topological polar surface area (TPSA) is 12.0 Å². The molecule has 3 rings (SSSR count). The van der Waals surface area contributed by atoms with Gasteiger partial charge in [0.2, 0.25) is 0 Å². The van der Waals surface area contributed by atoms with Crippen LogP contribution in [0.25, 0.3) is 0 Å². The molecule has 1 aliphatic carbocycles. The molecule has 0 bridgehead atoms. The van der Waals surface area contributed by atoms with Crippen LogP contribution in [-0.4, -0.2) is 17.5 Å². The minimum absolute atomic E-state index is 0.656. The molecule has 1 aromatic rings. The maximum atomic E-state index is 3.89. The van der Waals surface area contributed by atoms with E-state index in [2.05, 4.69) is 28.5 Å². The second-order valence-electron chi connectivity index (χ2n) is 4.80. The highest BCUT2D eigenvalue weighted by molar-refractivity contribution is 7.99. The lowest BCUT2D eigenvalue weighted by atomic mass is 9.93. The Morgan fingerprint density at radius 1 is 1.19 bits per heavy atom. The van der Waals surface area contributed by atoms with Crippen LogP contribution in [0.4, 0.5) is 0 Å². The lowest BCUT2D eigenvalue weighted by Gasteiger charge is -2.30. The Hall–Kier alpha value is 0.01000. The third-order valence-corrected chi connectivity index (χ3v) is 5.76. The third-order valence-electron chi connectivity index (χ3n) is 3.71. The number of hydrogen-bond acceptors (Lipinski definition) is 3. The summed E-state index contributed by atoms with van der Waals surface area (Å²) in [5.41, 5.74) is 1.61. The summed E-state index contributed by atoms with van der Waals surface area (Å²) in [7, 11) is 0. The summed E-state index contributed by atoms with van der Waals surface area (Å²) in [4.78, 5) is 1.63. The summed E-state index contributed by atoms with van der Waals surface area (Å²) in [6.45, 7) is 0. The fraction of sp³-hybridized carbons (Fsp3) is 0.692. The van der Waals surface area contributed by atoms with E-state index in [1.54, 1.807) is 10.4 Å². The summed E-state index contributed by atoms with van der Waals surface area (Å²) >= 11 is 4.06. The van der Waals surface area contributed by atoms with Crippen LogP contribution < -0.4 is 5.32 Å². The SMILES string of the molecule is c1cc2c(s1)CCCC2NC1CCSCC1. The van der Waals surface area contributed by atoms with Gasteiger partial charge in [-0.15, -0.1) is 11.3 Å². The Bertz CT molecular complexity index is 341. The molecule has 1 fully saturated rings. The van der Waals surface area contributed by atoms with E-state index in [-0.39, 0.29) is 0 Å². The van der Waals surface area contributed by atoms with E-state index in [1.165, 1.54) is 43.6 Å². The van der Waals surface area contributed by atoms with Crippen molar-refractivity contribution in [1.29, 1.82) is 0 Å². The Balaban J connectivity index is 1.67. The van der Waals surface area contributed by atoms with Gasteiger partial charge in [0.05, 0.1) is 0 Å². The van der Waals surface area contributed by atoms with Crippen LogP contribution in [0.5, 0.6) is 0 Å². The van der Waals surface area contributed by atoms with Gasteiger partial charge in [0, 0.05) is 17.0 Å².